The summed E-state index contributed by atoms with van der Waals surface area (Å²) in [6.45, 7) is 7.13. The quantitative estimate of drug-likeness (QED) is 0.372. The van der Waals surface area contributed by atoms with Gasteiger partial charge in [0.15, 0.2) is 5.60 Å². The molecule has 5 nitrogen and oxygen atoms in total. The molecule has 1 N–H and O–H groups in total. The highest BCUT2D eigenvalue weighted by molar-refractivity contribution is 6.36. The second-order valence-corrected chi connectivity index (χ2v) is 9.05. The monoisotopic (exact) mass is 473 g/mol. The number of aromatic nitrogens is 1. The van der Waals surface area contributed by atoms with Crippen molar-refractivity contribution in [3.63, 3.8) is 0 Å². The van der Waals surface area contributed by atoms with Crippen LogP contribution in [0.2, 0.25) is 10.0 Å². The molecule has 0 aliphatic carbocycles. The Labute approximate surface area is 197 Å². The summed E-state index contributed by atoms with van der Waals surface area (Å²) >= 11 is 12.3. The molecule has 168 valence electrons. The SMILES string of the molecule is CC(C)c1oc(-c2ccc(Cl)cc2Cl)nc1C/C=C/c1ccc(OC(C)(C)C(=O)O)cc1. The lowest BCUT2D eigenvalue weighted by Gasteiger charge is -2.21. The number of hydrogen-bond acceptors (Lipinski definition) is 4. The fourth-order valence-corrected chi connectivity index (χ4v) is 3.52. The molecule has 0 aliphatic rings. The molecule has 0 unspecified atom stereocenters. The van der Waals surface area contributed by atoms with Crippen LogP contribution in [0.5, 0.6) is 5.75 Å². The zero-order valence-corrected chi connectivity index (χ0v) is 19.9. The summed E-state index contributed by atoms with van der Waals surface area (Å²) in [5, 5.41) is 10.2. The number of ether oxygens (including phenoxy) is 1. The molecule has 0 amide bonds. The molecular weight excluding hydrogens is 449 g/mol. The Kier molecular flexibility index (Phi) is 7.32. The number of allylic oxidation sites excluding steroid dienone is 1. The summed E-state index contributed by atoms with van der Waals surface area (Å²) in [6.07, 6.45) is 4.57. The molecule has 0 atom stereocenters. The maximum absolute atomic E-state index is 11.2. The predicted octanol–water partition coefficient (Wildman–Crippen LogP) is 7.27. The third kappa shape index (κ3) is 5.72. The summed E-state index contributed by atoms with van der Waals surface area (Å²) < 4.78 is 11.6. The van der Waals surface area contributed by atoms with E-state index < -0.39 is 11.6 Å². The van der Waals surface area contributed by atoms with Gasteiger partial charge in [-0.2, -0.15) is 0 Å². The molecule has 0 radical (unpaired) electrons. The number of aliphatic carboxylic acids is 1. The van der Waals surface area contributed by atoms with Crippen LogP contribution in [0.4, 0.5) is 0 Å². The van der Waals surface area contributed by atoms with Gasteiger partial charge in [-0.25, -0.2) is 9.78 Å². The first-order valence-corrected chi connectivity index (χ1v) is 11.0. The van der Waals surface area contributed by atoms with Crippen LogP contribution in [0.1, 0.15) is 50.6 Å². The van der Waals surface area contributed by atoms with E-state index in [1.54, 1.807) is 30.3 Å². The number of carbonyl (C=O) groups is 1. The summed E-state index contributed by atoms with van der Waals surface area (Å²) in [6, 6.07) is 12.5. The van der Waals surface area contributed by atoms with Gasteiger partial charge >= 0.3 is 5.97 Å². The first-order valence-electron chi connectivity index (χ1n) is 10.2. The minimum Gasteiger partial charge on any atom is -0.478 e. The van der Waals surface area contributed by atoms with Crippen LogP contribution in [0.25, 0.3) is 17.5 Å². The van der Waals surface area contributed by atoms with Gasteiger partial charge in [-0.05, 0) is 49.7 Å². The molecule has 3 aromatic rings. The first kappa shape index (κ1) is 23.9. The number of rotatable bonds is 8. The topological polar surface area (TPSA) is 72.6 Å². The van der Waals surface area contributed by atoms with Gasteiger partial charge in [-0.15, -0.1) is 0 Å². The van der Waals surface area contributed by atoms with Crippen LogP contribution in [-0.4, -0.2) is 21.7 Å². The number of benzene rings is 2. The van der Waals surface area contributed by atoms with Gasteiger partial charge in [-0.3, -0.25) is 0 Å². The van der Waals surface area contributed by atoms with Crippen LogP contribution >= 0.6 is 23.2 Å². The second-order valence-electron chi connectivity index (χ2n) is 8.20. The molecule has 1 aromatic heterocycles. The van der Waals surface area contributed by atoms with Crippen LogP contribution < -0.4 is 4.74 Å². The molecule has 32 heavy (non-hydrogen) atoms. The molecule has 0 saturated carbocycles. The Morgan fingerprint density at radius 1 is 1.19 bits per heavy atom. The first-order chi connectivity index (χ1) is 15.1. The van der Waals surface area contributed by atoms with E-state index in [-0.39, 0.29) is 5.92 Å². The van der Waals surface area contributed by atoms with E-state index in [1.807, 2.05) is 24.3 Å². The summed E-state index contributed by atoms with van der Waals surface area (Å²) in [5.74, 6) is 0.934. The van der Waals surface area contributed by atoms with E-state index in [1.165, 1.54) is 13.8 Å². The zero-order chi connectivity index (χ0) is 23.5. The maximum atomic E-state index is 11.2. The van der Waals surface area contributed by atoms with Gasteiger partial charge < -0.3 is 14.3 Å². The summed E-state index contributed by atoms with van der Waals surface area (Å²) in [7, 11) is 0. The minimum atomic E-state index is -1.29. The van der Waals surface area contributed by atoms with Crippen molar-refractivity contribution in [1.82, 2.24) is 4.98 Å². The average Bonchev–Trinajstić information content (AvgIpc) is 3.13. The standard InChI is InChI=1S/C25H25Cl2NO4/c1-15(2)22-21(28-23(31-22)19-13-10-17(26)14-20(19)27)7-5-6-16-8-11-18(12-9-16)32-25(3,4)24(29)30/h5-6,8-15H,7H2,1-4H3,(H,29,30)/b6-5+. The van der Waals surface area contributed by atoms with E-state index in [9.17, 15) is 9.90 Å². The van der Waals surface area contributed by atoms with E-state index >= 15 is 0 Å². The summed E-state index contributed by atoms with van der Waals surface area (Å²) in [4.78, 5) is 15.9. The maximum Gasteiger partial charge on any atom is 0.347 e. The van der Waals surface area contributed by atoms with Gasteiger partial charge in [0.25, 0.3) is 0 Å². The van der Waals surface area contributed by atoms with Crippen molar-refractivity contribution in [2.24, 2.45) is 0 Å². The lowest BCUT2D eigenvalue weighted by atomic mass is 10.1. The van der Waals surface area contributed by atoms with Crippen LogP contribution in [0.3, 0.4) is 0 Å². The van der Waals surface area contributed by atoms with Crippen molar-refractivity contribution < 1.29 is 19.1 Å². The molecule has 2 aromatic carbocycles. The Balaban J connectivity index is 1.75. The molecule has 0 spiro atoms. The van der Waals surface area contributed by atoms with Crippen molar-refractivity contribution in [1.29, 1.82) is 0 Å². The Hall–Kier alpha value is -2.76. The zero-order valence-electron chi connectivity index (χ0n) is 18.4. The van der Waals surface area contributed by atoms with Crippen molar-refractivity contribution >= 4 is 35.2 Å². The van der Waals surface area contributed by atoms with Crippen molar-refractivity contribution in [2.45, 2.75) is 45.6 Å². The molecule has 0 bridgehead atoms. The predicted molar refractivity (Wildman–Crippen MR) is 128 cm³/mol. The number of oxazole rings is 1. The van der Waals surface area contributed by atoms with Crippen molar-refractivity contribution in [3.05, 3.63) is 75.6 Å². The van der Waals surface area contributed by atoms with Crippen molar-refractivity contribution in [2.75, 3.05) is 0 Å². The average molecular weight is 474 g/mol. The van der Waals surface area contributed by atoms with Gasteiger partial charge in [0.1, 0.15) is 11.5 Å². The van der Waals surface area contributed by atoms with Crippen molar-refractivity contribution in [3.8, 4) is 17.2 Å². The largest absolute Gasteiger partial charge is 0.478 e. The molecule has 1 heterocycles. The molecule has 0 saturated heterocycles. The Morgan fingerprint density at radius 2 is 1.88 bits per heavy atom. The van der Waals surface area contributed by atoms with Gasteiger partial charge in [0, 0.05) is 17.4 Å². The molecule has 3 rings (SSSR count). The van der Waals surface area contributed by atoms with E-state index in [2.05, 4.69) is 18.8 Å². The molecule has 0 fully saturated rings. The Morgan fingerprint density at radius 3 is 2.47 bits per heavy atom. The lowest BCUT2D eigenvalue weighted by molar-refractivity contribution is -0.152. The Bertz CT molecular complexity index is 1130. The smallest absolute Gasteiger partial charge is 0.347 e. The lowest BCUT2D eigenvalue weighted by Crippen LogP contribution is -2.37. The number of nitrogens with zero attached hydrogens (tertiary/aromatic N) is 1. The third-order valence-electron chi connectivity index (χ3n) is 4.80. The van der Waals surface area contributed by atoms with Gasteiger partial charge in [-0.1, -0.05) is 61.3 Å². The van der Waals surface area contributed by atoms with Crippen LogP contribution in [0, 0.1) is 0 Å². The molecular formula is C25H25Cl2NO4. The van der Waals surface area contributed by atoms with E-state index in [0.29, 0.717) is 33.7 Å². The third-order valence-corrected chi connectivity index (χ3v) is 5.35. The molecule has 7 heteroatoms. The van der Waals surface area contributed by atoms with Gasteiger partial charge in [0.05, 0.1) is 16.3 Å². The molecule has 0 aliphatic heterocycles. The minimum absolute atomic E-state index is 0.166. The number of hydrogen-bond donors (Lipinski definition) is 1. The fraction of sp³-hybridized carbons (Fsp3) is 0.280. The van der Waals surface area contributed by atoms with Crippen LogP contribution in [0.15, 0.2) is 53.0 Å². The highest BCUT2D eigenvalue weighted by Gasteiger charge is 2.29. The second kappa shape index (κ2) is 9.80. The highest BCUT2D eigenvalue weighted by atomic mass is 35.5. The number of carboxylic acids is 1. The van der Waals surface area contributed by atoms with Crippen LogP contribution in [-0.2, 0) is 11.2 Å². The van der Waals surface area contributed by atoms with E-state index in [0.717, 1.165) is 17.0 Å². The fourth-order valence-electron chi connectivity index (χ4n) is 3.03. The summed E-state index contributed by atoms with van der Waals surface area (Å²) in [5.41, 5.74) is 1.22. The normalized spacial score (nSPS) is 12.0. The number of halogens is 2. The highest BCUT2D eigenvalue weighted by Crippen LogP contribution is 2.33. The number of carboxylic acid groups (broad SMARTS) is 1. The van der Waals surface area contributed by atoms with E-state index in [4.69, 9.17) is 32.4 Å². The van der Waals surface area contributed by atoms with Gasteiger partial charge in [0.2, 0.25) is 5.89 Å².